The van der Waals surface area contributed by atoms with E-state index in [2.05, 4.69) is 24.0 Å². The van der Waals surface area contributed by atoms with Crippen LogP contribution in [0.4, 0.5) is 0 Å². The Hall–Kier alpha value is -1.22. The second kappa shape index (κ2) is 4.96. The van der Waals surface area contributed by atoms with E-state index < -0.39 is 0 Å². The number of rotatable bonds is 2. The summed E-state index contributed by atoms with van der Waals surface area (Å²) in [5, 5.41) is 0. The minimum absolute atomic E-state index is 0.391. The lowest BCUT2D eigenvalue weighted by molar-refractivity contribution is 0.0847. The van der Waals surface area contributed by atoms with E-state index >= 15 is 0 Å². The maximum atomic E-state index is 5.72. The molecule has 2 heterocycles. The molecule has 4 rings (SSSR count). The van der Waals surface area contributed by atoms with Gasteiger partial charge in [-0.05, 0) is 62.7 Å². The number of fused-ring (bicyclic) bond motifs is 4. The molecule has 1 aromatic rings. The Morgan fingerprint density at radius 1 is 1.25 bits per heavy atom. The summed E-state index contributed by atoms with van der Waals surface area (Å²) in [7, 11) is 0. The zero-order chi connectivity index (χ0) is 13.5. The van der Waals surface area contributed by atoms with Gasteiger partial charge in [-0.2, -0.15) is 0 Å². The predicted molar refractivity (Wildman–Crippen MR) is 78.3 cm³/mol. The Bertz CT molecular complexity index is 512. The number of hydrogen-bond donors (Lipinski definition) is 0. The first-order chi connectivity index (χ1) is 9.86. The van der Waals surface area contributed by atoms with Gasteiger partial charge in [-0.1, -0.05) is 13.0 Å². The molecule has 3 nitrogen and oxygen atoms in total. The fourth-order valence-corrected chi connectivity index (χ4v) is 4.29. The monoisotopic (exact) mass is 273 g/mol. The highest BCUT2D eigenvalue weighted by Gasteiger charge is 2.37. The molecular formula is C17H23NO2. The van der Waals surface area contributed by atoms with Crippen LogP contribution in [-0.2, 0) is 12.8 Å². The van der Waals surface area contributed by atoms with Gasteiger partial charge in [-0.3, -0.25) is 4.90 Å². The Labute approximate surface area is 120 Å². The molecule has 0 spiro atoms. The number of benzene rings is 1. The second-order valence-corrected chi connectivity index (χ2v) is 6.35. The van der Waals surface area contributed by atoms with Crippen molar-refractivity contribution in [2.75, 3.05) is 19.9 Å². The highest BCUT2D eigenvalue weighted by Crippen LogP contribution is 2.44. The highest BCUT2D eigenvalue weighted by molar-refractivity contribution is 5.53. The quantitative estimate of drug-likeness (QED) is 0.827. The smallest absolute Gasteiger partial charge is 0.231 e. The van der Waals surface area contributed by atoms with Gasteiger partial charge < -0.3 is 9.47 Å². The van der Waals surface area contributed by atoms with Gasteiger partial charge in [0.15, 0.2) is 11.5 Å². The van der Waals surface area contributed by atoms with Crippen LogP contribution in [0.15, 0.2) is 12.1 Å². The molecule has 2 atom stereocenters. The minimum Gasteiger partial charge on any atom is -0.454 e. The number of likely N-dealkylation sites (tertiary alicyclic amines) is 1. The predicted octanol–water partition coefficient (Wildman–Crippen LogP) is 3.00. The first-order valence-electron chi connectivity index (χ1n) is 8.01. The third-order valence-corrected chi connectivity index (χ3v) is 5.18. The molecule has 1 aromatic carbocycles. The summed E-state index contributed by atoms with van der Waals surface area (Å²) < 4.78 is 11.2. The molecule has 0 bridgehead atoms. The fourth-order valence-electron chi connectivity index (χ4n) is 4.29. The lowest BCUT2D eigenvalue weighted by Crippen LogP contribution is -2.49. The zero-order valence-corrected chi connectivity index (χ0v) is 12.2. The van der Waals surface area contributed by atoms with Crippen LogP contribution in [0.1, 0.15) is 37.3 Å². The topological polar surface area (TPSA) is 21.7 Å². The standard InChI is InChI=1S/C17H23NO2/c1-2-7-18-8-3-4-13-9-14-12(10-15(13)18)5-6-16-17(14)20-11-19-16/h5-6,13,15H,2-4,7-11H2,1H3/t13?,15-/m1/s1. The Morgan fingerprint density at radius 2 is 2.20 bits per heavy atom. The van der Waals surface area contributed by atoms with Crippen LogP contribution in [0.3, 0.4) is 0 Å². The molecule has 0 N–H and O–H groups in total. The largest absolute Gasteiger partial charge is 0.454 e. The third kappa shape index (κ3) is 1.91. The van der Waals surface area contributed by atoms with Gasteiger partial charge in [0.1, 0.15) is 0 Å². The van der Waals surface area contributed by atoms with Gasteiger partial charge in [-0.15, -0.1) is 0 Å². The first kappa shape index (κ1) is 12.5. The molecule has 3 aliphatic rings. The number of piperidine rings is 1. The van der Waals surface area contributed by atoms with Crippen LogP contribution in [-0.4, -0.2) is 30.8 Å². The van der Waals surface area contributed by atoms with Crippen molar-refractivity contribution < 1.29 is 9.47 Å². The SMILES string of the molecule is CCCN1CCCC2Cc3c(ccc4c3OCO4)C[C@H]21. The lowest BCUT2D eigenvalue weighted by Gasteiger charge is -2.44. The van der Waals surface area contributed by atoms with Crippen LogP contribution in [0.25, 0.3) is 0 Å². The highest BCUT2D eigenvalue weighted by atomic mass is 16.7. The number of hydrogen-bond acceptors (Lipinski definition) is 3. The molecule has 0 aromatic heterocycles. The van der Waals surface area contributed by atoms with E-state index in [1.54, 1.807) is 0 Å². The van der Waals surface area contributed by atoms with Crippen LogP contribution in [0.5, 0.6) is 11.5 Å². The van der Waals surface area contributed by atoms with E-state index in [4.69, 9.17) is 9.47 Å². The molecular weight excluding hydrogens is 250 g/mol. The summed E-state index contributed by atoms with van der Waals surface area (Å²) in [6.45, 7) is 5.22. The van der Waals surface area contributed by atoms with E-state index in [1.807, 2.05) is 0 Å². The van der Waals surface area contributed by atoms with E-state index in [-0.39, 0.29) is 0 Å². The number of ether oxygens (including phenoxy) is 2. The van der Waals surface area contributed by atoms with Crippen LogP contribution >= 0.6 is 0 Å². The summed E-state index contributed by atoms with van der Waals surface area (Å²) in [6, 6.07) is 5.10. The second-order valence-electron chi connectivity index (χ2n) is 6.35. The summed E-state index contributed by atoms with van der Waals surface area (Å²) in [5.74, 6) is 2.79. The Balaban J connectivity index is 1.66. The van der Waals surface area contributed by atoms with Crippen molar-refractivity contribution in [1.29, 1.82) is 0 Å². The van der Waals surface area contributed by atoms with Crippen molar-refractivity contribution in [3.8, 4) is 11.5 Å². The van der Waals surface area contributed by atoms with E-state index in [9.17, 15) is 0 Å². The van der Waals surface area contributed by atoms with Crippen molar-refractivity contribution in [2.24, 2.45) is 5.92 Å². The van der Waals surface area contributed by atoms with Gasteiger partial charge >= 0.3 is 0 Å². The normalized spacial score (nSPS) is 28.1. The third-order valence-electron chi connectivity index (χ3n) is 5.18. The minimum atomic E-state index is 0.391. The summed E-state index contributed by atoms with van der Waals surface area (Å²) in [5.41, 5.74) is 2.91. The first-order valence-corrected chi connectivity index (χ1v) is 8.01. The fraction of sp³-hybridized carbons (Fsp3) is 0.647. The lowest BCUT2D eigenvalue weighted by atomic mass is 9.75. The van der Waals surface area contributed by atoms with Crippen molar-refractivity contribution in [2.45, 2.75) is 45.1 Å². The van der Waals surface area contributed by atoms with E-state index in [0.29, 0.717) is 6.79 Å². The molecule has 1 fully saturated rings. The molecule has 0 radical (unpaired) electrons. The van der Waals surface area contributed by atoms with Gasteiger partial charge in [0.05, 0.1) is 0 Å². The number of nitrogens with zero attached hydrogens (tertiary/aromatic N) is 1. The Kier molecular flexibility index (Phi) is 3.10. The van der Waals surface area contributed by atoms with Gasteiger partial charge in [-0.25, -0.2) is 0 Å². The van der Waals surface area contributed by atoms with Gasteiger partial charge in [0.25, 0.3) is 0 Å². The molecule has 2 aliphatic heterocycles. The molecule has 108 valence electrons. The van der Waals surface area contributed by atoms with E-state index in [0.717, 1.165) is 23.5 Å². The molecule has 3 heteroatoms. The van der Waals surface area contributed by atoms with Crippen molar-refractivity contribution in [3.05, 3.63) is 23.3 Å². The van der Waals surface area contributed by atoms with Crippen LogP contribution in [0, 0.1) is 5.92 Å². The van der Waals surface area contributed by atoms with Crippen molar-refractivity contribution in [3.63, 3.8) is 0 Å². The van der Waals surface area contributed by atoms with E-state index in [1.165, 1.54) is 56.3 Å². The molecule has 0 saturated carbocycles. The van der Waals surface area contributed by atoms with Gasteiger partial charge in [0.2, 0.25) is 6.79 Å². The molecule has 1 aliphatic carbocycles. The molecule has 20 heavy (non-hydrogen) atoms. The van der Waals surface area contributed by atoms with Crippen LogP contribution < -0.4 is 9.47 Å². The van der Waals surface area contributed by atoms with Gasteiger partial charge in [0, 0.05) is 11.6 Å². The molecule has 1 unspecified atom stereocenters. The average molecular weight is 273 g/mol. The summed E-state index contributed by atoms with van der Waals surface area (Å²) in [6.07, 6.45) is 6.35. The summed E-state index contributed by atoms with van der Waals surface area (Å²) >= 11 is 0. The van der Waals surface area contributed by atoms with Crippen molar-refractivity contribution >= 4 is 0 Å². The van der Waals surface area contributed by atoms with Crippen molar-refractivity contribution in [1.82, 2.24) is 4.90 Å². The average Bonchev–Trinajstić information content (AvgIpc) is 2.95. The maximum absolute atomic E-state index is 5.72. The molecule has 1 saturated heterocycles. The van der Waals surface area contributed by atoms with Crippen LogP contribution in [0.2, 0.25) is 0 Å². The maximum Gasteiger partial charge on any atom is 0.231 e. The summed E-state index contributed by atoms with van der Waals surface area (Å²) in [4.78, 5) is 2.72. The molecule has 0 amide bonds. The Morgan fingerprint density at radius 3 is 3.10 bits per heavy atom. The zero-order valence-electron chi connectivity index (χ0n) is 12.2.